The van der Waals surface area contributed by atoms with Crippen LogP contribution in [0.15, 0.2) is 62.3 Å². The van der Waals surface area contributed by atoms with Gasteiger partial charge in [0.25, 0.3) is 0 Å². The van der Waals surface area contributed by atoms with E-state index in [-0.39, 0.29) is 0 Å². The zero-order chi connectivity index (χ0) is 10.3. The molecule has 0 fully saturated rings. The van der Waals surface area contributed by atoms with Gasteiger partial charge in [-0.05, 0) is 12.1 Å². The topological polar surface area (TPSA) is 26.9 Å². The molecule has 0 unspecified atom stereocenters. The van der Waals surface area contributed by atoms with E-state index in [1.54, 1.807) is 35.9 Å². The van der Waals surface area contributed by atoms with Crippen LogP contribution in [0.5, 0.6) is 0 Å². The third kappa shape index (κ3) is 1.60. The zero-order valence-corrected chi connectivity index (χ0v) is 9.35. The molecule has 0 bridgehead atoms. The minimum absolute atomic E-state index is 0.848. The Balaban J connectivity index is 2.11. The number of benzene rings is 1. The average molecular weight is 233 g/mol. The van der Waals surface area contributed by atoms with Crippen LogP contribution >= 0.6 is 23.5 Å². The highest BCUT2D eigenvalue weighted by Gasteiger charge is 2.18. The summed E-state index contributed by atoms with van der Waals surface area (Å²) in [6.45, 7) is 0. The van der Waals surface area contributed by atoms with E-state index in [2.05, 4.69) is 12.1 Å². The molecule has 0 saturated carbocycles. The van der Waals surface area contributed by atoms with Gasteiger partial charge in [-0.2, -0.15) is 4.73 Å². The zero-order valence-electron chi connectivity index (χ0n) is 7.71. The van der Waals surface area contributed by atoms with Crippen molar-refractivity contribution in [1.29, 1.82) is 0 Å². The van der Waals surface area contributed by atoms with E-state index in [1.165, 1.54) is 9.79 Å². The molecule has 0 amide bonds. The number of pyridine rings is 1. The summed E-state index contributed by atoms with van der Waals surface area (Å²) in [6, 6.07) is 10.1. The fourth-order valence-corrected chi connectivity index (χ4v) is 3.67. The first-order chi connectivity index (χ1) is 7.33. The number of rotatable bonds is 0. The molecular weight excluding hydrogens is 226 g/mol. The molecule has 0 aliphatic carbocycles. The van der Waals surface area contributed by atoms with Gasteiger partial charge in [-0.3, -0.25) is 0 Å². The van der Waals surface area contributed by atoms with E-state index in [0.29, 0.717) is 0 Å². The van der Waals surface area contributed by atoms with Crippen molar-refractivity contribution < 1.29 is 4.73 Å². The molecule has 3 rings (SSSR count). The van der Waals surface area contributed by atoms with Crippen molar-refractivity contribution >= 4 is 23.5 Å². The Morgan fingerprint density at radius 1 is 0.867 bits per heavy atom. The molecule has 0 saturated heterocycles. The summed E-state index contributed by atoms with van der Waals surface area (Å²) in [5.41, 5.74) is 0. The lowest BCUT2D eigenvalue weighted by atomic mass is 10.4. The van der Waals surface area contributed by atoms with Crippen LogP contribution in [-0.4, -0.2) is 0 Å². The highest BCUT2D eigenvalue weighted by atomic mass is 32.2. The van der Waals surface area contributed by atoms with Crippen molar-refractivity contribution in [3.8, 4) is 0 Å². The van der Waals surface area contributed by atoms with E-state index < -0.39 is 0 Å². The van der Waals surface area contributed by atoms with Gasteiger partial charge < -0.3 is 5.21 Å². The molecule has 1 aliphatic heterocycles. The number of aromatic nitrogens is 1. The molecule has 0 spiro atoms. The van der Waals surface area contributed by atoms with E-state index in [9.17, 15) is 5.21 Å². The van der Waals surface area contributed by atoms with Crippen LogP contribution in [0.4, 0.5) is 0 Å². The van der Waals surface area contributed by atoms with Crippen molar-refractivity contribution in [3.63, 3.8) is 0 Å². The van der Waals surface area contributed by atoms with E-state index in [4.69, 9.17) is 0 Å². The van der Waals surface area contributed by atoms with Crippen molar-refractivity contribution in [2.24, 2.45) is 0 Å². The van der Waals surface area contributed by atoms with Crippen LogP contribution in [0.3, 0.4) is 0 Å². The Morgan fingerprint density at radius 3 is 2.20 bits per heavy atom. The van der Waals surface area contributed by atoms with Crippen LogP contribution in [0.25, 0.3) is 0 Å². The fourth-order valence-electron chi connectivity index (χ4n) is 1.46. The van der Waals surface area contributed by atoms with Crippen molar-refractivity contribution in [2.75, 3.05) is 0 Å². The first-order valence-corrected chi connectivity index (χ1v) is 6.14. The molecule has 0 atom stereocenters. The Hall–Kier alpha value is -1.13. The normalized spacial score (nSPS) is 13.1. The first-order valence-electron chi connectivity index (χ1n) is 4.50. The summed E-state index contributed by atoms with van der Waals surface area (Å²) >= 11 is 3.37. The SMILES string of the molecule is [O-][n+]1ccc2c(c1)Sc1ccccc1S2. The van der Waals surface area contributed by atoms with Crippen LogP contribution in [0, 0.1) is 5.21 Å². The van der Waals surface area contributed by atoms with Gasteiger partial charge in [0.2, 0.25) is 0 Å². The minimum atomic E-state index is 0.848. The van der Waals surface area contributed by atoms with Gasteiger partial charge in [-0.15, -0.1) is 0 Å². The molecule has 0 radical (unpaired) electrons. The van der Waals surface area contributed by atoms with Gasteiger partial charge in [0.15, 0.2) is 12.4 Å². The number of fused-ring (bicyclic) bond motifs is 2. The maximum atomic E-state index is 11.1. The van der Waals surface area contributed by atoms with Crippen molar-refractivity contribution in [2.45, 2.75) is 19.6 Å². The number of nitrogens with zero attached hydrogens (tertiary/aromatic N) is 1. The second-order valence-electron chi connectivity index (χ2n) is 3.18. The Kier molecular flexibility index (Phi) is 2.11. The molecule has 0 N–H and O–H groups in total. The highest BCUT2D eigenvalue weighted by Crippen LogP contribution is 2.47. The van der Waals surface area contributed by atoms with Gasteiger partial charge in [-0.1, -0.05) is 35.7 Å². The fraction of sp³-hybridized carbons (Fsp3) is 0. The Morgan fingerprint density at radius 2 is 1.47 bits per heavy atom. The quantitative estimate of drug-likeness (QED) is 0.441. The number of hydrogen-bond acceptors (Lipinski definition) is 3. The number of hydrogen-bond donors (Lipinski definition) is 0. The maximum Gasteiger partial charge on any atom is 0.195 e. The average Bonchev–Trinajstić information content (AvgIpc) is 2.26. The van der Waals surface area contributed by atoms with Crippen LogP contribution in [-0.2, 0) is 0 Å². The van der Waals surface area contributed by atoms with Gasteiger partial charge in [0.05, 0.1) is 4.90 Å². The molecule has 2 aromatic rings. The van der Waals surface area contributed by atoms with Gasteiger partial charge in [-0.25, -0.2) is 0 Å². The summed E-state index contributed by atoms with van der Waals surface area (Å²) in [5, 5.41) is 11.1. The van der Waals surface area contributed by atoms with Crippen molar-refractivity contribution in [3.05, 3.63) is 47.9 Å². The second-order valence-corrected chi connectivity index (χ2v) is 5.35. The molecule has 1 aromatic heterocycles. The summed E-state index contributed by atoms with van der Waals surface area (Å²) < 4.78 is 0.848. The summed E-state index contributed by atoms with van der Waals surface area (Å²) in [5.74, 6) is 0. The Bertz CT molecular complexity index is 528. The third-order valence-corrected chi connectivity index (χ3v) is 4.68. The molecular formula is C11H7NOS2. The van der Waals surface area contributed by atoms with Crippen LogP contribution < -0.4 is 4.73 Å². The predicted molar refractivity (Wildman–Crippen MR) is 60.1 cm³/mol. The van der Waals surface area contributed by atoms with Crippen molar-refractivity contribution in [1.82, 2.24) is 0 Å². The molecule has 1 aliphatic rings. The van der Waals surface area contributed by atoms with Crippen LogP contribution in [0.1, 0.15) is 0 Å². The lowest BCUT2D eigenvalue weighted by molar-refractivity contribution is -0.608. The van der Waals surface area contributed by atoms with E-state index >= 15 is 0 Å². The summed E-state index contributed by atoms with van der Waals surface area (Å²) in [7, 11) is 0. The second kappa shape index (κ2) is 3.47. The monoisotopic (exact) mass is 233 g/mol. The molecule has 74 valence electrons. The standard InChI is InChI=1S/C11H7NOS2/c13-12-6-5-10-11(7-12)15-9-4-2-1-3-8(9)14-10/h1-7H. The maximum absolute atomic E-state index is 11.1. The molecule has 4 heteroatoms. The largest absolute Gasteiger partial charge is 0.619 e. The first kappa shape index (κ1) is 9.12. The lowest BCUT2D eigenvalue weighted by Crippen LogP contribution is -2.24. The third-order valence-electron chi connectivity index (χ3n) is 2.15. The molecule has 15 heavy (non-hydrogen) atoms. The van der Waals surface area contributed by atoms with Gasteiger partial charge in [0.1, 0.15) is 0 Å². The summed E-state index contributed by atoms with van der Waals surface area (Å²) in [6.07, 6.45) is 3.17. The molecule has 2 nitrogen and oxygen atoms in total. The predicted octanol–water partition coefficient (Wildman–Crippen LogP) is 2.94. The highest BCUT2D eigenvalue weighted by molar-refractivity contribution is 8.05. The van der Waals surface area contributed by atoms with E-state index in [1.807, 2.05) is 18.2 Å². The minimum Gasteiger partial charge on any atom is -0.619 e. The van der Waals surface area contributed by atoms with E-state index in [0.717, 1.165) is 14.5 Å². The smallest absolute Gasteiger partial charge is 0.195 e. The summed E-state index contributed by atoms with van der Waals surface area (Å²) in [4.78, 5) is 4.68. The van der Waals surface area contributed by atoms with Gasteiger partial charge >= 0.3 is 0 Å². The van der Waals surface area contributed by atoms with Crippen LogP contribution in [0.2, 0.25) is 0 Å². The molecule has 1 aromatic carbocycles. The Labute approximate surface area is 95.9 Å². The molecule has 2 heterocycles. The van der Waals surface area contributed by atoms with Gasteiger partial charge in [0, 0.05) is 20.8 Å². The lowest BCUT2D eigenvalue weighted by Gasteiger charge is -2.16.